The highest BCUT2D eigenvalue weighted by Gasteiger charge is 2.19. The predicted molar refractivity (Wildman–Crippen MR) is 88.3 cm³/mol. The van der Waals surface area contributed by atoms with Gasteiger partial charge in [0.05, 0.1) is 7.11 Å². The fraction of sp³-hybridized carbons (Fsp3) is 0.312. The number of methoxy groups -OCH3 is 1. The number of fused-ring (bicyclic) bond motifs is 1. The summed E-state index contributed by atoms with van der Waals surface area (Å²) in [4.78, 5) is 32.2. The molecule has 0 saturated heterocycles. The zero-order valence-corrected chi connectivity index (χ0v) is 13.9. The molecule has 2 heterocycles. The molecule has 0 aromatic heterocycles. The van der Waals surface area contributed by atoms with E-state index in [9.17, 15) is 9.59 Å². The Hall–Kier alpha value is -3.03. The lowest BCUT2D eigenvalue weighted by Crippen LogP contribution is -2.36. The second-order valence-electron chi connectivity index (χ2n) is 5.37. The highest BCUT2D eigenvalue weighted by atomic mass is 16.5. The number of nitrogens with zero attached hydrogens (tertiary/aromatic N) is 5. The van der Waals surface area contributed by atoms with Gasteiger partial charge in [-0.15, -0.1) is 0 Å². The lowest BCUT2D eigenvalue weighted by atomic mass is 10.1. The van der Waals surface area contributed by atoms with Crippen LogP contribution in [0.3, 0.4) is 0 Å². The van der Waals surface area contributed by atoms with Crippen molar-refractivity contribution >= 4 is 0 Å². The van der Waals surface area contributed by atoms with Crippen molar-refractivity contribution in [3.05, 3.63) is 44.6 Å². The molecule has 3 rings (SSSR count). The summed E-state index contributed by atoms with van der Waals surface area (Å²) in [5.41, 5.74) is 0.768. The van der Waals surface area contributed by atoms with Gasteiger partial charge in [-0.05, 0) is 30.2 Å². The van der Waals surface area contributed by atoms with Crippen LogP contribution in [0, 0.1) is 0 Å². The number of aromatic nitrogens is 5. The Morgan fingerprint density at radius 3 is 2.58 bits per heavy atom. The van der Waals surface area contributed by atoms with Crippen molar-refractivity contribution in [2.24, 2.45) is 14.1 Å². The van der Waals surface area contributed by atoms with Gasteiger partial charge in [-0.3, -0.25) is 9.36 Å². The van der Waals surface area contributed by atoms with E-state index in [1.54, 1.807) is 14.2 Å². The van der Waals surface area contributed by atoms with Gasteiger partial charge in [-0.25, -0.2) is 14.5 Å². The number of hydrogen-bond acceptors (Lipinski definition) is 6. The van der Waals surface area contributed by atoms with Gasteiger partial charge >= 0.3 is 5.69 Å². The molecule has 0 fully saturated rings. The molecule has 8 heteroatoms. The molecule has 124 valence electrons. The topological polar surface area (TPSA) is 91.9 Å². The summed E-state index contributed by atoms with van der Waals surface area (Å²) in [5, 5.41) is 4.33. The van der Waals surface area contributed by atoms with Crippen molar-refractivity contribution in [3.8, 4) is 28.7 Å². The van der Waals surface area contributed by atoms with Gasteiger partial charge in [0.2, 0.25) is 0 Å². The molecule has 0 saturated carbocycles. The summed E-state index contributed by atoms with van der Waals surface area (Å²) < 4.78 is 7.66. The van der Waals surface area contributed by atoms with Gasteiger partial charge < -0.3 is 4.74 Å². The van der Waals surface area contributed by atoms with Crippen LogP contribution in [0.1, 0.15) is 12.5 Å². The minimum Gasteiger partial charge on any atom is -0.496 e. The van der Waals surface area contributed by atoms with Crippen molar-refractivity contribution in [1.82, 2.24) is 24.3 Å². The van der Waals surface area contributed by atoms with Gasteiger partial charge in [0.15, 0.2) is 17.3 Å². The summed E-state index contributed by atoms with van der Waals surface area (Å²) >= 11 is 0. The monoisotopic (exact) mass is 327 g/mol. The normalized spacial score (nSPS) is 11.0. The quantitative estimate of drug-likeness (QED) is 0.700. The molecule has 0 bridgehead atoms. The maximum absolute atomic E-state index is 12.3. The Balaban J connectivity index is 2.27. The van der Waals surface area contributed by atoms with Crippen molar-refractivity contribution in [2.75, 3.05) is 7.11 Å². The van der Waals surface area contributed by atoms with Crippen LogP contribution in [-0.2, 0) is 20.5 Å². The van der Waals surface area contributed by atoms with E-state index in [-0.39, 0.29) is 11.5 Å². The smallest absolute Gasteiger partial charge is 0.352 e. The Bertz CT molecular complexity index is 1010. The van der Waals surface area contributed by atoms with Crippen LogP contribution in [0.15, 0.2) is 27.8 Å². The van der Waals surface area contributed by atoms with Crippen LogP contribution in [0.2, 0.25) is 0 Å². The number of rotatable bonds is 3. The molecule has 0 N–H and O–H groups in total. The molecule has 0 spiro atoms. The van der Waals surface area contributed by atoms with Crippen molar-refractivity contribution < 1.29 is 4.74 Å². The second-order valence-corrected chi connectivity index (χ2v) is 5.37. The third kappa shape index (κ3) is 2.45. The summed E-state index contributed by atoms with van der Waals surface area (Å²) in [5.74, 6) is 1.34. The molecule has 1 aromatic rings. The molecule has 8 nitrogen and oxygen atoms in total. The maximum Gasteiger partial charge on any atom is 0.352 e. The van der Waals surface area contributed by atoms with Crippen LogP contribution in [0.4, 0.5) is 0 Å². The lowest BCUT2D eigenvalue weighted by molar-refractivity contribution is 0.410. The van der Waals surface area contributed by atoms with E-state index in [2.05, 4.69) is 15.1 Å². The average Bonchev–Trinajstić information content (AvgIpc) is 2.60. The standard InChI is InChI=1S/C16H17N5O3/c1-5-9-8-10(6-7-11(9)24-4)13-17-12-14(21(3)19-13)18-16(23)20(2)15(12)22/h6-8H,5H2,1-4H3. The van der Waals surface area contributed by atoms with E-state index in [0.717, 1.165) is 27.9 Å². The second kappa shape index (κ2) is 5.88. The first-order valence-corrected chi connectivity index (χ1v) is 7.45. The number of ether oxygens (including phenoxy) is 1. The number of hydrogen-bond donors (Lipinski definition) is 0. The highest BCUT2D eigenvalue weighted by molar-refractivity contribution is 5.61. The maximum atomic E-state index is 12.3. The Morgan fingerprint density at radius 1 is 1.17 bits per heavy atom. The number of aryl methyl sites for hydroxylation is 2. The summed E-state index contributed by atoms with van der Waals surface area (Å²) in [7, 11) is 4.63. The molecular weight excluding hydrogens is 310 g/mol. The molecule has 2 aliphatic rings. The average molecular weight is 327 g/mol. The van der Waals surface area contributed by atoms with E-state index in [1.165, 1.54) is 11.7 Å². The minimum absolute atomic E-state index is 0.110. The summed E-state index contributed by atoms with van der Waals surface area (Å²) in [6.07, 6.45) is 0.791. The molecule has 0 aliphatic carbocycles. The fourth-order valence-corrected chi connectivity index (χ4v) is 2.52. The van der Waals surface area contributed by atoms with Crippen molar-refractivity contribution in [3.63, 3.8) is 0 Å². The van der Waals surface area contributed by atoms with Gasteiger partial charge in [-0.1, -0.05) is 6.92 Å². The Morgan fingerprint density at radius 2 is 1.92 bits per heavy atom. The van der Waals surface area contributed by atoms with E-state index >= 15 is 0 Å². The van der Waals surface area contributed by atoms with Crippen LogP contribution >= 0.6 is 0 Å². The zero-order valence-electron chi connectivity index (χ0n) is 13.9. The molecule has 2 aliphatic heterocycles. The number of benzene rings is 1. The SMILES string of the molecule is CCc1cc(-c2nc3c(=O)n(C)c(=O)nc-3n(C)n2)ccc1OC. The van der Waals surface area contributed by atoms with Crippen LogP contribution in [0.25, 0.3) is 22.9 Å². The Labute approximate surface area is 137 Å². The van der Waals surface area contributed by atoms with E-state index in [0.29, 0.717) is 5.82 Å². The molecule has 0 atom stereocenters. The third-order valence-corrected chi connectivity index (χ3v) is 3.90. The van der Waals surface area contributed by atoms with E-state index in [1.807, 2.05) is 25.1 Å². The fourth-order valence-electron chi connectivity index (χ4n) is 2.52. The van der Waals surface area contributed by atoms with Crippen LogP contribution in [-0.4, -0.2) is 31.4 Å². The zero-order chi connectivity index (χ0) is 17.4. The third-order valence-electron chi connectivity index (χ3n) is 3.90. The molecular formula is C16H17N5O3. The van der Waals surface area contributed by atoms with E-state index < -0.39 is 11.2 Å². The van der Waals surface area contributed by atoms with Gasteiger partial charge in [-0.2, -0.15) is 10.1 Å². The van der Waals surface area contributed by atoms with Crippen LogP contribution < -0.4 is 16.0 Å². The summed E-state index contributed by atoms with van der Waals surface area (Å²) in [6.45, 7) is 2.03. The largest absolute Gasteiger partial charge is 0.496 e. The van der Waals surface area contributed by atoms with Crippen molar-refractivity contribution in [1.29, 1.82) is 0 Å². The predicted octanol–water partition coefficient (Wildman–Crippen LogP) is 0.612. The van der Waals surface area contributed by atoms with Crippen LogP contribution in [0.5, 0.6) is 5.75 Å². The molecule has 1 aromatic carbocycles. The first-order chi connectivity index (χ1) is 11.5. The summed E-state index contributed by atoms with van der Waals surface area (Å²) in [6, 6.07) is 5.61. The van der Waals surface area contributed by atoms with Gasteiger partial charge in [0, 0.05) is 19.7 Å². The molecule has 0 radical (unpaired) electrons. The first-order valence-electron chi connectivity index (χ1n) is 7.45. The van der Waals surface area contributed by atoms with Crippen molar-refractivity contribution in [2.45, 2.75) is 13.3 Å². The van der Waals surface area contributed by atoms with Gasteiger partial charge in [0.1, 0.15) is 5.75 Å². The minimum atomic E-state index is -0.628. The molecule has 0 amide bonds. The van der Waals surface area contributed by atoms with Gasteiger partial charge in [0.25, 0.3) is 5.56 Å². The highest BCUT2D eigenvalue weighted by Crippen LogP contribution is 2.26. The molecule has 24 heavy (non-hydrogen) atoms. The first kappa shape index (κ1) is 15.9. The lowest BCUT2D eigenvalue weighted by Gasteiger charge is -2.12. The molecule has 0 unspecified atom stereocenters. The Kier molecular flexibility index (Phi) is 3.88. The van der Waals surface area contributed by atoms with E-state index in [4.69, 9.17) is 4.74 Å².